The molecule has 160 valence electrons. The van der Waals surface area contributed by atoms with E-state index < -0.39 is 17.6 Å². The van der Waals surface area contributed by atoms with Crippen molar-refractivity contribution >= 4 is 23.3 Å². The maximum absolute atomic E-state index is 12.8. The van der Waals surface area contributed by atoms with Gasteiger partial charge in [0.15, 0.2) is 0 Å². The van der Waals surface area contributed by atoms with Crippen molar-refractivity contribution in [2.75, 3.05) is 51.8 Å². The molecule has 0 aliphatic carbocycles. The third-order valence-corrected chi connectivity index (χ3v) is 8.91. The normalized spacial score (nSPS) is 17.3. The average Bonchev–Trinajstić information content (AvgIpc) is 2.67. The topological polar surface area (TPSA) is 102 Å². The van der Waals surface area contributed by atoms with E-state index in [1.165, 1.54) is 4.31 Å². The van der Waals surface area contributed by atoms with Crippen LogP contribution in [0.3, 0.4) is 0 Å². The second-order valence-electron chi connectivity index (χ2n) is 6.85. The van der Waals surface area contributed by atoms with Gasteiger partial charge in [-0.25, -0.2) is 8.42 Å². The summed E-state index contributed by atoms with van der Waals surface area (Å²) in [5, 5.41) is 0. The Morgan fingerprint density at radius 1 is 1.14 bits per heavy atom. The van der Waals surface area contributed by atoms with E-state index in [0.29, 0.717) is 44.7 Å². The number of nitrogen functional groups attached to an aromatic ring is 1. The molecule has 0 saturated carbocycles. The van der Waals surface area contributed by atoms with Gasteiger partial charge in [0.05, 0.1) is 24.3 Å². The van der Waals surface area contributed by atoms with E-state index in [9.17, 15) is 13.0 Å². The molecule has 0 spiro atoms. The highest BCUT2D eigenvalue weighted by atomic mass is 32.2. The first-order valence-corrected chi connectivity index (χ1v) is 12.8. The zero-order valence-electron chi connectivity index (χ0n) is 16.9. The van der Waals surface area contributed by atoms with Crippen molar-refractivity contribution in [3.8, 4) is 0 Å². The first kappa shape index (κ1) is 23.3. The van der Waals surface area contributed by atoms with Crippen LogP contribution < -0.4 is 5.73 Å². The minimum Gasteiger partial charge on any atom is -0.399 e. The summed E-state index contributed by atoms with van der Waals surface area (Å²) in [5.41, 5.74) is 6.18. The molecule has 10 heteroatoms. The Bertz CT molecular complexity index is 754. The number of anilines is 1. The maximum atomic E-state index is 12.8. The van der Waals surface area contributed by atoms with Gasteiger partial charge in [-0.3, -0.25) is 4.57 Å². The summed E-state index contributed by atoms with van der Waals surface area (Å²) in [6.07, 6.45) is 1.77. The molecule has 1 fully saturated rings. The van der Waals surface area contributed by atoms with E-state index >= 15 is 0 Å². The van der Waals surface area contributed by atoms with Crippen LogP contribution in [0.1, 0.15) is 26.7 Å². The lowest BCUT2D eigenvalue weighted by atomic mass is 10.1. The SMILES string of the molecule is CCOP(=O)(CCN(C)C1CCN(S(=O)(=O)c2ccc(N)cc2)CC1)OCC. The first-order chi connectivity index (χ1) is 13.2. The molecule has 1 aromatic rings. The van der Waals surface area contributed by atoms with Gasteiger partial charge in [-0.05, 0) is 58.0 Å². The lowest BCUT2D eigenvalue weighted by molar-refractivity contribution is 0.168. The minimum atomic E-state index is -3.50. The Kier molecular flexibility index (Phi) is 8.48. The van der Waals surface area contributed by atoms with Gasteiger partial charge in [0.2, 0.25) is 10.0 Å². The third kappa shape index (κ3) is 6.02. The van der Waals surface area contributed by atoms with Crippen LogP contribution in [0.25, 0.3) is 0 Å². The van der Waals surface area contributed by atoms with Crippen molar-refractivity contribution in [1.29, 1.82) is 0 Å². The largest absolute Gasteiger partial charge is 0.399 e. The number of piperidine rings is 1. The number of nitrogens with two attached hydrogens (primary N) is 1. The fraction of sp³-hybridized carbons (Fsp3) is 0.667. The van der Waals surface area contributed by atoms with Crippen LogP contribution in [0.4, 0.5) is 5.69 Å². The van der Waals surface area contributed by atoms with Crippen molar-refractivity contribution in [3.63, 3.8) is 0 Å². The van der Waals surface area contributed by atoms with Gasteiger partial charge < -0.3 is 19.7 Å². The van der Waals surface area contributed by atoms with Gasteiger partial charge in [0.1, 0.15) is 0 Å². The Labute approximate surface area is 168 Å². The Morgan fingerprint density at radius 3 is 2.18 bits per heavy atom. The number of hydrogen-bond acceptors (Lipinski definition) is 7. The van der Waals surface area contributed by atoms with Gasteiger partial charge in [0.25, 0.3) is 0 Å². The molecule has 0 amide bonds. The molecule has 1 saturated heterocycles. The molecule has 0 unspecified atom stereocenters. The van der Waals surface area contributed by atoms with Gasteiger partial charge >= 0.3 is 7.60 Å². The molecular formula is C18H32N3O5PS. The van der Waals surface area contributed by atoms with Crippen molar-refractivity contribution in [2.45, 2.75) is 37.6 Å². The van der Waals surface area contributed by atoms with Gasteiger partial charge in [-0.2, -0.15) is 4.31 Å². The summed E-state index contributed by atoms with van der Waals surface area (Å²) in [4.78, 5) is 2.39. The molecule has 1 aliphatic rings. The zero-order valence-corrected chi connectivity index (χ0v) is 18.6. The highest BCUT2D eigenvalue weighted by Gasteiger charge is 2.32. The number of sulfonamides is 1. The Balaban J connectivity index is 1.90. The van der Waals surface area contributed by atoms with Crippen molar-refractivity contribution in [3.05, 3.63) is 24.3 Å². The summed E-state index contributed by atoms with van der Waals surface area (Å²) in [5.74, 6) is 0. The van der Waals surface area contributed by atoms with E-state index in [2.05, 4.69) is 4.90 Å². The fourth-order valence-electron chi connectivity index (χ4n) is 3.33. The summed E-state index contributed by atoms with van der Waals surface area (Å²) in [6.45, 7) is 5.78. The van der Waals surface area contributed by atoms with Gasteiger partial charge in [0, 0.05) is 31.4 Å². The van der Waals surface area contributed by atoms with E-state index in [0.717, 1.165) is 12.8 Å². The van der Waals surface area contributed by atoms with Crippen LogP contribution >= 0.6 is 7.60 Å². The number of hydrogen-bond donors (Lipinski definition) is 1. The highest BCUT2D eigenvalue weighted by molar-refractivity contribution is 7.89. The first-order valence-electron chi connectivity index (χ1n) is 9.66. The minimum absolute atomic E-state index is 0.231. The summed E-state index contributed by atoms with van der Waals surface area (Å²) in [7, 11) is -4.60. The summed E-state index contributed by atoms with van der Waals surface area (Å²) >= 11 is 0. The number of benzene rings is 1. The summed E-state index contributed by atoms with van der Waals surface area (Å²) in [6, 6.07) is 6.52. The molecule has 1 aromatic carbocycles. The van der Waals surface area contributed by atoms with E-state index in [1.54, 1.807) is 38.1 Å². The smallest absolute Gasteiger partial charge is 0.331 e. The summed E-state index contributed by atoms with van der Waals surface area (Å²) < 4.78 is 50.3. The predicted octanol–water partition coefficient (Wildman–Crippen LogP) is 2.62. The van der Waals surface area contributed by atoms with E-state index in [1.807, 2.05) is 7.05 Å². The Hall–Kier alpha value is -0.960. The molecule has 2 N–H and O–H groups in total. The van der Waals surface area contributed by atoms with Crippen LogP contribution in [0.15, 0.2) is 29.2 Å². The van der Waals surface area contributed by atoms with Gasteiger partial charge in [-0.1, -0.05) is 0 Å². The average molecular weight is 434 g/mol. The standard InChI is InChI=1S/C18H32N3O5PS/c1-4-25-27(22,26-5-2)15-14-20(3)17-10-12-21(13-11-17)28(23,24)18-8-6-16(19)7-9-18/h6-9,17H,4-5,10-15,19H2,1-3H3. The monoisotopic (exact) mass is 433 g/mol. The second-order valence-corrected chi connectivity index (χ2v) is 11.0. The molecule has 2 rings (SSSR count). The van der Waals surface area contributed by atoms with Crippen molar-refractivity contribution < 1.29 is 22.0 Å². The van der Waals surface area contributed by atoms with Crippen LogP contribution in [-0.2, 0) is 23.6 Å². The maximum Gasteiger partial charge on any atom is 0.331 e. The van der Waals surface area contributed by atoms with Crippen LogP contribution in [0, 0.1) is 0 Å². The van der Waals surface area contributed by atoms with Gasteiger partial charge in [-0.15, -0.1) is 0 Å². The lowest BCUT2D eigenvalue weighted by Crippen LogP contribution is -2.46. The third-order valence-electron chi connectivity index (χ3n) is 4.94. The predicted molar refractivity (Wildman–Crippen MR) is 111 cm³/mol. The number of rotatable bonds is 10. The molecule has 1 aliphatic heterocycles. The van der Waals surface area contributed by atoms with Crippen LogP contribution in [-0.4, -0.2) is 69.7 Å². The number of nitrogens with zero attached hydrogens (tertiary/aromatic N) is 2. The quantitative estimate of drug-likeness (QED) is 0.447. The molecule has 0 bridgehead atoms. The molecular weight excluding hydrogens is 401 g/mol. The molecule has 0 atom stereocenters. The van der Waals surface area contributed by atoms with Crippen molar-refractivity contribution in [2.24, 2.45) is 0 Å². The highest BCUT2D eigenvalue weighted by Crippen LogP contribution is 2.47. The van der Waals surface area contributed by atoms with E-state index in [-0.39, 0.29) is 10.9 Å². The molecule has 1 heterocycles. The lowest BCUT2D eigenvalue weighted by Gasteiger charge is -2.36. The Morgan fingerprint density at radius 2 is 1.68 bits per heavy atom. The molecule has 0 radical (unpaired) electrons. The molecule has 28 heavy (non-hydrogen) atoms. The molecule has 0 aromatic heterocycles. The second kappa shape index (κ2) is 10.2. The van der Waals surface area contributed by atoms with Crippen molar-refractivity contribution in [1.82, 2.24) is 9.21 Å². The van der Waals surface area contributed by atoms with E-state index in [4.69, 9.17) is 14.8 Å². The fourth-order valence-corrected chi connectivity index (χ4v) is 6.48. The van der Waals surface area contributed by atoms with Crippen LogP contribution in [0.2, 0.25) is 0 Å². The molecule has 8 nitrogen and oxygen atoms in total. The zero-order chi connectivity index (χ0) is 20.8. The van der Waals surface area contributed by atoms with Crippen LogP contribution in [0.5, 0.6) is 0 Å².